The summed E-state index contributed by atoms with van der Waals surface area (Å²) in [6.07, 6.45) is 0.865. The van der Waals surface area contributed by atoms with E-state index in [2.05, 4.69) is 29.4 Å². The highest BCUT2D eigenvalue weighted by atomic mass is 16.6. The average molecular weight is 339 g/mol. The van der Waals surface area contributed by atoms with Crippen LogP contribution in [-0.4, -0.2) is 25.1 Å². The molecule has 0 spiro atoms. The lowest BCUT2D eigenvalue weighted by Crippen LogP contribution is -2.30. The van der Waals surface area contributed by atoms with Gasteiger partial charge in [0.25, 0.3) is 5.69 Å². The molecule has 130 valence electrons. The summed E-state index contributed by atoms with van der Waals surface area (Å²) in [5.41, 5.74) is 3.14. The molecule has 0 amide bonds. The van der Waals surface area contributed by atoms with Gasteiger partial charge in [0.05, 0.1) is 16.7 Å². The van der Waals surface area contributed by atoms with Gasteiger partial charge in [0.1, 0.15) is 6.04 Å². The van der Waals surface area contributed by atoms with Crippen molar-refractivity contribution in [1.82, 2.24) is 0 Å². The first-order chi connectivity index (χ1) is 12.0. The lowest BCUT2D eigenvalue weighted by molar-refractivity contribution is -0.384. The zero-order chi connectivity index (χ0) is 18.0. The fourth-order valence-electron chi connectivity index (χ4n) is 3.01. The summed E-state index contributed by atoms with van der Waals surface area (Å²) >= 11 is 0. The van der Waals surface area contributed by atoms with Crippen molar-refractivity contribution in [2.45, 2.75) is 25.4 Å². The Kier molecular flexibility index (Phi) is 4.65. The topological polar surface area (TPSA) is 74.3 Å². The Balaban J connectivity index is 1.83. The lowest BCUT2D eigenvalue weighted by atomic mass is 9.97. The van der Waals surface area contributed by atoms with Crippen LogP contribution in [0.3, 0.4) is 0 Å². The van der Waals surface area contributed by atoms with E-state index >= 15 is 0 Å². The molecule has 3 rings (SSSR count). The third-order valence-corrected chi connectivity index (χ3v) is 4.45. The first-order valence-corrected chi connectivity index (χ1v) is 8.23. The van der Waals surface area contributed by atoms with E-state index in [9.17, 15) is 10.1 Å². The molecule has 1 aliphatic heterocycles. The summed E-state index contributed by atoms with van der Waals surface area (Å²) in [4.78, 5) is 12.5. The second-order valence-electron chi connectivity index (χ2n) is 6.23. The van der Waals surface area contributed by atoms with Crippen LogP contribution in [0.25, 0.3) is 0 Å². The summed E-state index contributed by atoms with van der Waals surface area (Å²) in [6.45, 7) is 2.10. The van der Waals surface area contributed by atoms with Gasteiger partial charge in [-0.1, -0.05) is 12.1 Å². The van der Waals surface area contributed by atoms with Crippen LogP contribution in [0.4, 0.5) is 17.1 Å². The maximum absolute atomic E-state index is 10.8. The fourth-order valence-corrected chi connectivity index (χ4v) is 3.01. The molecule has 2 aromatic rings. The number of non-ortho nitro benzene ring substituents is 1. The van der Waals surface area contributed by atoms with Crippen LogP contribution in [0.5, 0.6) is 0 Å². The molecule has 0 aromatic heterocycles. The van der Waals surface area contributed by atoms with Gasteiger partial charge in [0.2, 0.25) is 0 Å². The number of nitro benzene ring substituents is 1. The molecule has 2 atom stereocenters. The summed E-state index contributed by atoms with van der Waals surface area (Å²) in [5, 5.41) is 21.5. The summed E-state index contributed by atoms with van der Waals surface area (Å²) in [5.74, 6) is 0. The maximum Gasteiger partial charge on any atom is 0.269 e. The molecule has 1 heterocycles. The molecule has 0 radical (unpaired) electrons. The van der Waals surface area contributed by atoms with Crippen molar-refractivity contribution in [2.75, 3.05) is 24.0 Å². The van der Waals surface area contributed by atoms with Gasteiger partial charge in [0, 0.05) is 31.9 Å². The van der Waals surface area contributed by atoms with Gasteiger partial charge in [-0.05, 0) is 48.4 Å². The van der Waals surface area contributed by atoms with Crippen LogP contribution in [-0.2, 0) is 0 Å². The summed E-state index contributed by atoms with van der Waals surface area (Å²) in [7, 11) is 4.01. The minimum absolute atomic E-state index is 0.0860. The second kappa shape index (κ2) is 6.88. The van der Waals surface area contributed by atoms with Crippen molar-refractivity contribution in [3.05, 3.63) is 64.2 Å². The third-order valence-electron chi connectivity index (χ3n) is 4.45. The Bertz CT molecular complexity index is 771. The number of rotatable bonds is 5. The number of nitro groups is 1. The number of benzene rings is 2. The van der Waals surface area contributed by atoms with Gasteiger partial charge in [-0.3, -0.25) is 10.1 Å². The normalized spacial score (nSPS) is 19.2. The van der Waals surface area contributed by atoms with E-state index in [0.29, 0.717) is 0 Å². The molecule has 2 aromatic carbocycles. The van der Waals surface area contributed by atoms with E-state index in [1.54, 1.807) is 12.1 Å². The van der Waals surface area contributed by atoms with E-state index in [-0.39, 0.29) is 17.8 Å². The van der Waals surface area contributed by atoms with E-state index < -0.39 is 4.92 Å². The molecular formula is C18H21N5O2. The highest BCUT2D eigenvalue weighted by molar-refractivity contribution is 5.56. The van der Waals surface area contributed by atoms with Crippen LogP contribution in [0.15, 0.2) is 58.9 Å². The molecule has 0 saturated heterocycles. The maximum atomic E-state index is 10.8. The Morgan fingerprint density at radius 1 is 1.12 bits per heavy atom. The van der Waals surface area contributed by atoms with Crippen LogP contribution >= 0.6 is 0 Å². The van der Waals surface area contributed by atoms with Gasteiger partial charge >= 0.3 is 0 Å². The molecule has 0 fully saturated rings. The lowest BCUT2D eigenvalue weighted by Gasteiger charge is -2.25. The van der Waals surface area contributed by atoms with Crippen molar-refractivity contribution in [3.63, 3.8) is 0 Å². The number of nitrogens with zero attached hydrogens (tertiary/aromatic N) is 5. The largest absolute Gasteiger partial charge is 0.378 e. The first-order valence-electron chi connectivity index (χ1n) is 8.23. The highest BCUT2D eigenvalue weighted by Crippen LogP contribution is 2.37. The predicted molar refractivity (Wildman–Crippen MR) is 98.0 cm³/mol. The summed E-state index contributed by atoms with van der Waals surface area (Å²) in [6, 6.07) is 14.7. The molecule has 1 aliphatic rings. The molecule has 0 bridgehead atoms. The van der Waals surface area contributed by atoms with Crippen LogP contribution in [0.2, 0.25) is 0 Å². The Hall–Kier alpha value is -2.96. The van der Waals surface area contributed by atoms with Crippen molar-refractivity contribution in [2.24, 2.45) is 10.3 Å². The molecule has 2 unspecified atom stereocenters. The van der Waals surface area contributed by atoms with Crippen molar-refractivity contribution < 1.29 is 4.92 Å². The Labute approximate surface area is 146 Å². The quantitative estimate of drug-likeness (QED) is 0.599. The molecule has 0 N–H and O–H groups in total. The van der Waals surface area contributed by atoms with Gasteiger partial charge < -0.3 is 4.90 Å². The molecular weight excluding hydrogens is 318 g/mol. The van der Waals surface area contributed by atoms with Gasteiger partial charge in [0.15, 0.2) is 0 Å². The van der Waals surface area contributed by atoms with Crippen molar-refractivity contribution >= 4 is 17.1 Å². The average Bonchev–Trinajstić information content (AvgIpc) is 3.05. The molecule has 7 nitrogen and oxygen atoms in total. The highest BCUT2D eigenvalue weighted by Gasteiger charge is 2.33. The molecule has 0 saturated carbocycles. The second-order valence-corrected chi connectivity index (χ2v) is 6.23. The molecule has 7 heteroatoms. The van der Waals surface area contributed by atoms with Gasteiger partial charge in [-0.15, -0.1) is 0 Å². The zero-order valence-corrected chi connectivity index (χ0v) is 14.5. The monoisotopic (exact) mass is 339 g/mol. The Morgan fingerprint density at radius 2 is 1.76 bits per heavy atom. The Morgan fingerprint density at radius 3 is 2.28 bits per heavy atom. The SMILES string of the molecule is CCC1C(c2ccc([N+](=O)[O-])cc2)N=NN1c1ccc(N(C)C)cc1. The van der Waals surface area contributed by atoms with Crippen molar-refractivity contribution in [1.29, 1.82) is 0 Å². The van der Waals surface area contributed by atoms with E-state index in [0.717, 1.165) is 23.4 Å². The van der Waals surface area contributed by atoms with Crippen LogP contribution in [0.1, 0.15) is 24.9 Å². The third kappa shape index (κ3) is 3.31. The minimum Gasteiger partial charge on any atom is -0.378 e. The fraction of sp³-hybridized carbons (Fsp3) is 0.333. The number of hydrogen-bond acceptors (Lipinski definition) is 6. The minimum atomic E-state index is -0.393. The predicted octanol–water partition coefficient (Wildman–Crippen LogP) is 4.37. The smallest absolute Gasteiger partial charge is 0.269 e. The molecule has 25 heavy (non-hydrogen) atoms. The van der Waals surface area contributed by atoms with Gasteiger partial charge in [-0.2, -0.15) is 5.11 Å². The number of hydrogen-bond donors (Lipinski definition) is 0. The van der Waals surface area contributed by atoms with E-state index in [1.165, 1.54) is 12.1 Å². The standard InChI is InChI=1S/C18H21N5O2/c1-4-17-18(13-5-7-16(8-6-13)23(24)25)19-20-22(17)15-11-9-14(10-12-15)21(2)3/h5-12,17-18H,4H2,1-3H3. The van der Waals surface area contributed by atoms with E-state index in [1.807, 2.05) is 36.1 Å². The van der Waals surface area contributed by atoms with Crippen LogP contribution < -0.4 is 9.91 Å². The zero-order valence-electron chi connectivity index (χ0n) is 14.5. The van der Waals surface area contributed by atoms with Crippen molar-refractivity contribution in [3.8, 4) is 0 Å². The van der Waals surface area contributed by atoms with Gasteiger partial charge in [-0.25, -0.2) is 5.01 Å². The number of anilines is 2. The van der Waals surface area contributed by atoms with Crippen LogP contribution in [0, 0.1) is 10.1 Å². The first kappa shape index (κ1) is 16.9. The molecule has 0 aliphatic carbocycles. The van der Waals surface area contributed by atoms with E-state index in [4.69, 9.17) is 0 Å². The summed E-state index contributed by atoms with van der Waals surface area (Å²) < 4.78 is 0.